The second kappa shape index (κ2) is 7.03. The average molecular weight is 368 g/mol. The Bertz CT molecular complexity index is 441. The van der Waals surface area contributed by atoms with Crippen molar-refractivity contribution in [2.24, 2.45) is 0 Å². The first kappa shape index (κ1) is 14.5. The normalized spacial score (nSPS) is 19.6. The van der Waals surface area contributed by atoms with Gasteiger partial charge >= 0.3 is 0 Å². The maximum Gasteiger partial charge on any atom is 0.254 e. The second-order valence-electron chi connectivity index (χ2n) is 3.77. The maximum absolute atomic E-state index is 12.0. The molecule has 1 amide bonds. The van der Waals surface area contributed by atoms with Crippen molar-refractivity contribution in [1.82, 2.24) is 10.3 Å². The Balaban J connectivity index is 1.92. The molecule has 0 bridgehead atoms. The summed E-state index contributed by atoms with van der Waals surface area (Å²) in [5.74, 6) is 3.29. The molecule has 0 radical (unpaired) electrons. The molecule has 1 aromatic rings. The number of carbonyl (C=O) groups excluding carboxylic acids is 1. The summed E-state index contributed by atoms with van der Waals surface area (Å²) >= 11 is 13.0. The highest BCUT2D eigenvalue weighted by Gasteiger charge is 2.17. The number of rotatable bonds is 3. The lowest BCUT2D eigenvalue weighted by Gasteiger charge is -2.21. The van der Waals surface area contributed by atoms with Gasteiger partial charge < -0.3 is 5.32 Å². The zero-order valence-electron chi connectivity index (χ0n) is 9.49. The molecule has 0 aliphatic carbocycles. The van der Waals surface area contributed by atoms with Gasteiger partial charge in [-0.1, -0.05) is 11.6 Å². The molecule has 0 aromatic carbocycles. The molecule has 1 aromatic heterocycles. The third-order valence-corrected chi connectivity index (χ3v) is 6.01. The Morgan fingerprint density at radius 3 is 3.17 bits per heavy atom. The number of nitrogens with zero attached hydrogens (tertiary/aromatic N) is 1. The minimum atomic E-state index is -0.162. The van der Waals surface area contributed by atoms with E-state index in [2.05, 4.69) is 26.2 Å². The molecule has 18 heavy (non-hydrogen) atoms. The number of amides is 1. The summed E-state index contributed by atoms with van der Waals surface area (Å²) in [5, 5.41) is 3.65. The van der Waals surface area contributed by atoms with Crippen LogP contribution in [0.2, 0.25) is 5.15 Å². The minimum Gasteiger partial charge on any atom is -0.351 e. The van der Waals surface area contributed by atoms with Gasteiger partial charge in [-0.3, -0.25) is 4.79 Å². The van der Waals surface area contributed by atoms with Crippen LogP contribution in [0.3, 0.4) is 0 Å². The number of halogens is 2. The number of hydrogen-bond donors (Lipinski definition) is 1. The van der Waals surface area contributed by atoms with Crippen molar-refractivity contribution in [3.05, 3.63) is 27.5 Å². The summed E-state index contributed by atoms with van der Waals surface area (Å²) in [6.45, 7) is 0.680. The minimum absolute atomic E-state index is 0.162. The predicted molar refractivity (Wildman–Crippen MR) is 82.9 cm³/mol. The molecule has 3 nitrogen and oxygen atoms in total. The van der Waals surface area contributed by atoms with Gasteiger partial charge in [-0.05, 0) is 22.0 Å². The van der Waals surface area contributed by atoms with Gasteiger partial charge in [0.05, 0.1) is 5.56 Å². The maximum atomic E-state index is 12.0. The van der Waals surface area contributed by atoms with Crippen LogP contribution in [0.5, 0.6) is 0 Å². The molecule has 1 N–H and O–H groups in total. The van der Waals surface area contributed by atoms with Crippen LogP contribution in [-0.4, -0.2) is 39.9 Å². The Morgan fingerprint density at radius 1 is 1.61 bits per heavy atom. The highest BCUT2D eigenvalue weighted by atomic mass is 79.9. The quantitative estimate of drug-likeness (QED) is 0.834. The number of hydrogen-bond acceptors (Lipinski definition) is 4. The zero-order chi connectivity index (χ0) is 13.0. The number of pyridine rings is 1. The standard InChI is InChI=1S/C11H12BrClN2OS2/c12-7-3-9(10(13)14-4-7)11(16)15-5-8-6-17-1-2-18-8/h3-4,8H,1-2,5-6H2,(H,15,16). The van der Waals surface area contributed by atoms with Crippen molar-refractivity contribution in [2.45, 2.75) is 5.25 Å². The fourth-order valence-electron chi connectivity index (χ4n) is 1.54. The van der Waals surface area contributed by atoms with Crippen molar-refractivity contribution >= 4 is 57.0 Å². The average Bonchev–Trinajstić information content (AvgIpc) is 2.40. The van der Waals surface area contributed by atoms with E-state index in [4.69, 9.17) is 11.6 Å². The lowest BCUT2D eigenvalue weighted by Crippen LogP contribution is -2.33. The summed E-state index contributed by atoms with van der Waals surface area (Å²) in [5.41, 5.74) is 0.416. The van der Waals surface area contributed by atoms with Crippen LogP contribution in [0.4, 0.5) is 0 Å². The molecule has 0 saturated carbocycles. The predicted octanol–water partition coefficient (Wildman–Crippen LogP) is 3.08. The Morgan fingerprint density at radius 2 is 2.44 bits per heavy atom. The van der Waals surface area contributed by atoms with E-state index < -0.39 is 0 Å². The summed E-state index contributed by atoms with van der Waals surface area (Å²) in [4.78, 5) is 15.9. The number of carbonyl (C=O) groups is 1. The van der Waals surface area contributed by atoms with Crippen LogP contribution < -0.4 is 5.32 Å². The largest absolute Gasteiger partial charge is 0.351 e. The SMILES string of the molecule is O=C(NCC1CSCCS1)c1cc(Br)cnc1Cl. The smallest absolute Gasteiger partial charge is 0.254 e. The molecular weight excluding hydrogens is 356 g/mol. The lowest BCUT2D eigenvalue weighted by atomic mass is 10.2. The second-order valence-corrected chi connectivity index (χ2v) is 7.60. The van der Waals surface area contributed by atoms with E-state index in [0.717, 1.165) is 16.0 Å². The van der Waals surface area contributed by atoms with E-state index in [1.807, 2.05) is 23.5 Å². The van der Waals surface area contributed by atoms with Crippen molar-refractivity contribution in [1.29, 1.82) is 0 Å². The summed E-state index contributed by atoms with van der Waals surface area (Å²) in [7, 11) is 0. The Hall–Kier alpha value is 0.0900. The number of aromatic nitrogens is 1. The van der Waals surface area contributed by atoms with E-state index in [1.54, 1.807) is 12.3 Å². The molecule has 98 valence electrons. The lowest BCUT2D eigenvalue weighted by molar-refractivity contribution is 0.0954. The van der Waals surface area contributed by atoms with Crippen molar-refractivity contribution in [3.8, 4) is 0 Å². The first-order valence-electron chi connectivity index (χ1n) is 5.45. The van der Waals surface area contributed by atoms with Crippen molar-refractivity contribution in [3.63, 3.8) is 0 Å². The topological polar surface area (TPSA) is 42.0 Å². The van der Waals surface area contributed by atoms with Crippen LogP contribution >= 0.6 is 51.1 Å². The van der Waals surface area contributed by atoms with E-state index in [9.17, 15) is 4.79 Å². The first-order chi connectivity index (χ1) is 8.66. The Labute approximate surface area is 128 Å². The summed E-state index contributed by atoms with van der Waals surface area (Å²) < 4.78 is 0.750. The molecule has 1 unspecified atom stereocenters. The molecule has 1 fully saturated rings. The van der Waals surface area contributed by atoms with Crippen LogP contribution in [0.15, 0.2) is 16.7 Å². The highest BCUT2D eigenvalue weighted by Crippen LogP contribution is 2.23. The van der Waals surface area contributed by atoms with Crippen LogP contribution in [0, 0.1) is 0 Å². The third-order valence-electron chi connectivity index (χ3n) is 2.43. The van der Waals surface area contributed by atoms with Gasteiger partial charge in [0, 0.05) is 39.7 Å². The van der Waals surface area contributed by atoms with Crippen molar-refractivity contribution < 1.29 is 4.79 Å². The van der Waals surface area contributed by atoms with Gasteiger partial charge in [0.1, 0.15) is 5.15 Å². The van der Waals surface area contributed by atoms with Gasteiger partial charge in [-0.2, -0.15) is 23.5 Å². The first-order valence-corrected chi connectivity index (χ1v) is 8.83. The molecule has 2 heterocycles. The molecular formula is C11H12BrClN2OS2. The van der Waals surface area contributed by atoms with Crippen LogP contribution in [-0.2, 0) is 0 Å². The van der Waals surface area contributed by atoms with Gasteiger partial charge in [-0.25, -0.2) is 4.98 Å². The van der Waals surface area contributed by atoms with Gasteiger partial charge in [0.15, 0.2) is 0 Å². The molecule has 1 aliphatic heterocycles. The van der Waals surface area contributed by atoms with Crippen molar-refractivity contribution in [2.75, 3.05) is 23.8 Å². The molecule has 0 spiro atoms. The molecule has 1 saturated heterocycles. The number of thioether (sulfide) groups is 2. The summed E-state index contributed by atoms with van der Waals surface area (Å²) in [6.07, 6.45) is 1.58. The molecule has 7 heteroatoms. The molecule has 1 aliphatic rings. The third kappa shape index (κ3) is 4.05. The van der Waals surface area contributed by atoms with E-state index in [-0.39, 0.29) is 11.1 Å². The van der Waals surface area contributed by atoms with E-state index >= 15 is 0 Å². The highest BCUT2D eigenvalue weighted by molar-refractivity contribution is 9.10. The fraction of sp³-hybridized carbons (Fsp3) is 0.455. The Kier molecular flexibility index (Phi) is 5.66. The van der Waals surface area contributed by atoms with Crippen LogP contribution in [0.1, 0.15) is 10.4 Å². The van der Waals surface area contributed by atoms with Gasteiger partial charge in [0.25, 0.3) is 5.91 Å². The number of nitrogens with one attached hydrogen (secondary N) is 1. The van der Waals surface area contributed by atoms with E-state index in [1.165, 1.54) is 5.75 Å². The van der Waals surface area contributed by atoms with Crippen LogP contribution in [0.25, 0.3) is 0 Å². The van der Waals surface area contributed by atoms with E-state index in [0.29, 0.717) is 17.4 Å². The molecule has 2 rings (SSSR count). The van der Waals surface area contributed by atoms with Gasteiger partial charge in [0.2, 0.25) is 0 Å². The fourth-order valence-corrected chi connectivity index (χ4v) is 4.67. The van der Waals surface area contributed by atoms with Gasteiger partial charge in [-0.15, -0.1) is 0 Å². The monoisotopic (exact) mass is 366 g/mol. The molecule has 1 atom stereocenters. The zero-order valence-corrected chi connectivity index (χ0v) is 13.5. The summed E-state index contributed by atoms with van der Waals surface area (Å²) in [6, 6.07) is 1.69.